The lowest BCUT2D eigenvalue weighted by molar-refractivity contribution is -0.869. The summed E-state index contributed by atoms with van der Waals surface area (Å²) in [7, 11) is 3.18. The lowest BCUT2D eigenvalue weighted by atomic mass is 10.1. The molecule has 0 fully saturated rings. The van der Waals surface area contributed by atoms with Gasteiger partial charge >= 0.3 is 7.75 Å². The highest BCUT2D eigenvalue weighted by atomic mass is 31.2. The van der Waals surface area contributed by atoms with Gasteiger partial charge in [0.25, 0.3) is 0 Å². The first-order valence-corrected chi connectivity index (χ1v) is 22.1. The Morgan fingerprint density at radius 3 is 1.09 bits per heavy atom. The molecule has 0 aliphatic heterocycles. The standard InChI is InChI=1S/C41H84N2O3P/c1-6-8-10-12-14-16-18-20-22-24-26-28-30-32-34-36-40-45-47(44,42-38-39-43(3,4)5)46-41-37-35-33-31-29-27-25-23-21-19-17-15-13-11-9-7-2/h20-23H,6-19,24-41H2,1-5H3,(H,42,44)/q+1/b22-20+,23-21+. The zero-order valence-corrected chi connectivity index (χ0v) is 33.5. The van der Waals surface area contributed by atoms with Crippen LogP contribution in [0.5, 0.6) is 0 Å². The van der Waals surface area contributed by atoms with Crippen LogP contribution in [0.1, 0.15) is 194 Å². The van der Waals surface area contributed by atoms with Crippen molar-refractivity contribution in [1.82, 2.24) is 5.09 Å². The lowest BCUT2D eigenvalue weighted by Gasteiger charge is -2.25. The molecule has 0 atom stereocenters. The number of allylic oxidation sites excluding steroid dienone is 4. The maximum atomic E-state index is 13.4. The van der Waals surface area contributed by atoms with E-state index in [1.54, 1.807) is 0 Å². The van der Waals surface area contributed by atoms with Crippen molar-refractivity contribution in [2.75, 3.05) is 47.4 Å². The Morgan fingerprint density at radius 1 is 0.468 bits per heavy atom. The minimum atomic E-state index is -3.26. The summed E-state index contributed by atoms with van der Waals surface area (Å²) in [6.45, 7) is 7.07. The van der Waals surface area contributed by atoms with Crippen molar-refractivity contribution >= 4 is 7.75 Å². The molecule has 0 rings (SSSR count). The SMILES string of the molecule is CCCCCCCC/C=C/CCCCCCCCOP(=O)(NCC[N+](C)(C)C)OCCCCCCCC/C=C/CCCCCCCC. The Kier molecular flexibility index (Phi) is 35.0. The van der Waals surface area contributed by atoms with Crippen molar-refractivity contribution in [3.05, 3.63) is 24.3 Å². The summed E-state index contributed by atoms with van der Waals surface area (Å²) >= 11 is 0. The van der Waals surface area contributed by atoms with Crippen LogP contribution in [0.3, 0.4) is 0 Å². The molecule has 1 N–H and O–H groups in total. The maximum Gasteiger partial charge on any atom is 0.405 e. The van der Waals surface area contributed by atoms with Crippen molar-refractivity contribution in [2.24, 2.45) is 0 Å². The molecular weight excluding hydrogens is 599 g/mol. The fourth-order valence-electron chi connectivity index (χ4n) is 5.72. The number of quaternary nitrogens is 1. The average molecular weight is 684 g/mol. The van der Waals surface area contributed by atoms with Gasteiger partial charge in [0, 0.05) is 0 Å². The van der Waals surface area contributed by atoms with E-state index in [-0.39, 0.29) is 0 Å². The van der Waals surface area contributed by atoms with Crippen LogP contribution < -0.4 is 5.09 Å². The molecule has 5 nitrogen and oxygen atoms in total. The van der Waals surface area contributed by atoms with E-state index < -0.39 is 7.75 Å². The van der Waals surface area contributed by atoms with Crippen LogP contribution in [0.2, 0.25) is 0 Å². The van der Waals surface area contributed by atoms with Gasteiger partial charge in [-0.05, 0) is 64.2 Å². The molecule has 0 unspecified atom stereocenters. The van der Waals surface area contributed by atoms with Crippen LogP contribution >= 0.6 is 7.75 Å². The smallest absolute Gasteiger partial charge is 0.330 e. The number of rotatable bonds is 38. The van der Waals surface area contributed by atoms with Crippen LogP contribution in [-0.4, -0.2) is 51.9 Å². The molecule has 0 saturated carbocycles. The molecule has 0 aliphatic carbocycles. The lowest BCUT2D eigenvalue weighted by Crippen LogP contribution is -2.40. The number of unbranched alkanes of at least 4 members (excludes halogenated alkanes) is 24. The van der Waals surface area contributed by atoms with Crippen molar-refractivity contribution < 1.29 is 18.1 Å². The van der Waals surface area contributed by atoms with Gasteiger partial charge in [0.1, 0.15) is 0 Å². The van der Waals surface area contributed by atoms with E-state index in [2.05, 4.69) is 64.4 Å². The Morgan fingerprint density at radius 2 is 0.766 bits per heavy atom. The third kappa shape index (κ3) is 38.2. The average Bonchev–Trinajstić information content (AvgIpc) is 3.03. The Balaban J connectivity index is 3.91. The van der Waals surface area contributed by atoms with Crippen molar-refractivity contribution in [3.63, 3.8) is 0 Å². The molecule has 0 aromatic carbocycles. The largest absolute Gasteiger partial charge is 0.405 e. The number of hydrogen-bond acceptors (Lipinski definition) is 3. The van der Waals surface area contributed by atoms with Gasteiger partial charge in [0.2, 0.25) is 0 Å². The number of nitrogens with zero attached hydrogens (tertiary/aromatic N) is 1. The van der Waals surface area contributed by atoms with Crippen LogP contribution in [-0.2, 0) is 13.6 Å². The summed E-state index contributed by atoms with van der Waals surface area (Å²) in [5.41, 5.74) is 0. The highest BCUT2D eigenvalue weighted by Crippen LogP contribution is 2.44. The minimum absolute atomic E-state index is 0.503. The van der Waals surface area contributed by atoms with E-state index in [0.29, 0.717) is 19.8 Å². The van der Waals surface area contributed by atoms with Gasteiger partial charge in [-0.2, -0.15) is 0 Å². The number of hydrogen-bond donors (Lipinski definition) is 1. The van der Waals surface area contributed by atoms with Gasteiger partial charge in [0.15, 0.2) is 0 Å². The van der Waals surface area contributed by atoms with Crippen LogP contribution in [0.4, 0.5) is 0 Å². The first kappa shape index (κ1) is 46.5. The Bertz CT molecular complexity index is 687. The van der Waals surface area contributed by atoms with Crippen molar-refractivity contribution in [3.8, 4) is 0 Å². The maximum absolute atomic E-state index is 13.4. The molecule has 0 saturated heterocycles. The monoisotopic (exact) mass is 684 g/mol. The zero-order chi connectivity index (χ0) is 34.6. The van der Waals surface area contributed by atoms with Gasteiger partial charge in [-0.15, -0.1) is 0 Å². The molecule has 6 heteroatoms. The second kappa shape index (κ2) is 35.4. The molecule has 280 valence electrons. The second-order valence-corrected chi connectivity index (χ2v) is 16.8. The van der Waals surface area contributed by atoms with E-state index in [9.17, 15) is 4.57 Å². The van der Waals surface area contributed by atoms with Crippen LogP contribution in [0.25, 0.3) is 0 Å². The molecule has 0 aliphatic rings. The first-order valence-electron chi connectivity index (χ1n) is 20.6. The Hall–Kier alpha value is -0.450. The van der Waals surface area contributed by atoms with Crippen LogP contribution in [0.15, 0.2) is 24.3 Å². The molecule has 0 aromatic rings. The van der Waals surface area contributed by atoms with Gasteiger partial charge in [-0.1, -0.05) is 154 Å². The van der Waals surface area contributed by atoms with Gasteiger partial charge in [-0.3, -0.25) is 9.05 Å². The first-order chi connectivity index (χ1) is 22.8. The third-order valence-corrected chi connectivity index (χ3v) is 10.6. The van der Waals surface area contributed by atoms with E-state index in [1.807, 2.05) is 0 Å². The van der Waals surface area contributed by atoms with Gasteiger partial charge in [-0.25, -0.2) is 9.65 Å². The summed E-state index contributed by atoms with van der Waals surface area (Å²) in [4.78, 5) is 0. The molecule has 0 heterocycles. The predicted molar refractivity (Wildman–Crippen MR) is 209 cm³/mol. The van der Waals surface area contributed by atoms with Gasteiger partial charge in [0.05, 0.1) is 47.4 Å². The molecule has 0 spiro atoms. The highest BCUT2D eigenvalue weighted by molar-refractivity contribution is 7.51. The van der Waals surface area contributed by atoms with Crippen molar-refractivity contribution in [2.45, 2.75) is 194 Å². The third-order valence-electron chi connectivity index (χ3n) is 8.92. The fourth-order valence-corrected chi connectivity index (χ4v) is 7.09. The topological polar surface area (TPSA) is 47.6 Å². The summed E-state index contributed by atoms with van der Waals surface area (Å²) in [6.07, 6.45) is 45.4. The molecule has 0 radical (unpaired) electrons. The summed E-state index contributed by atoms with van der Waals surface area (Å²) in [5, 5.41) is 3.14. The minimum Gasteiger partial charge on any atom is -0.330 e. The zero-order valence-electron chi connectivity index (χ0n) is 32.6. The molecule has 0 amide bonds. The van der Waals surface area contributed by atoms with Crippen LogP contribution in [0, 0.1) is 0 Å². The summed E-state index contributed by atoms with van der Waals surface area (Å²) < 4.78 is 26.0. The Labute approximate surface area is 295 Å². The predicted octanol–water partition coefficient (Wildman–Crippen LogP) is 13.5. The van der Waals surface area contributed by atoms with Gasteiger partial charge < -0.3 is 4.48 Å². The quantitative estimate of drug-likeness (QED) is 0.0304. The summed E-state index contributed by atoms with van der Waals surface area (Å²) in [6, 6.07) is 0. The highest BCUT2D eigenvalue weighted by Gasteiger charge is 2.25. The molecule has 0 aromatic heterocycles. The normalized spacial score (nSPS) is 12.7. The van der Waals surface area contributed by atoms with E-state index in [1.165, 1.54) is 154 Å². The van der Waals surface area contributed by atoms with Crippen molar-refractivity contribution in [1.29, 1.82) is 0 Å². The molecule has 0 bridgehead atoms. The van der Waals surface area contributed by atoms with E-state index in [4.69, 9.17) is 9.05 Å². The molecule has 47 heavy (non-hydrogen) atoms. The second-order valence-electron chi connectivity index (χ2n) is 15.0. The van der Waals surface area contributed by atoms with E-state index in [0.717, 1.165) is 36.7 Å². The summed E-state index contributed by atoms with van der Waals surface area (Å²) in [5.74, 6) is 0. The fraction of sp³-hybridized carbons (Fsp3) is 0.902. The number of nitrogens with one attached hydrogen (secondary N) is 1. The van der Waals surface area contributed by atoms with E-state index >= 15 is 0 Å². The number of likely N-dealkylation sites (N-methyl/N-ethyl adjacent to an activating group) is 1. The molecular formula is C41H84N2O3P+.